The molecule has 0 aliphatic carbocycles. The molecule has 0 spiro atoms. The highest BCUT2D eigenvalue weighted by Crippen LogP contribution is 2.27. The summed E-state index contributed by atoms with van der Waals surface area (Å²) in [4.78, 5) is 26.2. The van der Waals surface area contributed by atoms with Crippen molar-refractivity contribution in [3.05, 3.63) is 42.3 Å². The predicted octanol–water partition coefficient (Wildman–Crippen LogP) is 3.73. The van der Waals surface area contributed by atoms with Crippen LogP contribution >= 0.6 is 0 Å². The van der Waals surface area contributed by atoms with Crippen molar-refractivity contribution in [3.63, 3.8) is 0 Å². The maximum absolute atomic E-state index is 14.5. The van der Waals surface area contributed by atoms with Gasteiger partial charge in [0, 0.05) is 13.1 Å². The van der Waals surface area contributed by atoms with Crippen molar-refractivity contribution in [2.45, 2.75) is 33.3 Å². The topological polar surface area (TPSA) is 104 Å². The largest absolute Gasteiger partial charge is 0.487 e. The van der Waals surface area contributed by atoms with Crippen molar-refractivity contribution in [1.82, 2.24) is 4.98 Å². The summed E-state index contributed by atoms with van der Waals surface area (Å²) in [5, 5.41) is 2.58. The summed E-state index contributed by atoms with van der Waals surface area (Å²) in [5.41, 5.74) is 6.37. The molecule has 0 saturated heterocycles. The summed E-state index contributed by atoms with van der Waals surface area (Å²) in [5.74, 6) is -0.122. The molecule has 1 atom stereocenters. The normalized spacial score (nSPS) is 11.8. The molecule has 0 aliphatic heterocycles. The number of primary amides is 1. The van der Waals surface area contributed by atoms with Crippen LogP contribution in [0, 0.1) is 11.7 Å². The van der Waals surface area contributed by atoms with Gasteiger partial charge in [-0.15, -0.1) is 0 Å². The second-order valence-electron chi connectivity index (χ2n) is 6.76. The maximum Gasteiger partial charge on any atom is 0.404 e. The van der Waals surface area contributed by atoms with Crippen molar-refractivity contribution in [2.75, 3.05) is 11.9 Å². The summed E-state index contributed by atoms with van der Waals surface area (Å²) < 4.78 is 25.0. The Bertz CT molecular complexity index is 842. The molecule has 0 radical (unpaired) electrons. The van der Waals surface area contributed by atoms with E-state index < -0.39 is 18.0 Å². The van der Waals surface area contributed by atoms with Gasteiger partial charge in [0.1, 0.15) is 18.5 Å². The second-order valence-corrected chi connectivity index (χ2v) is 6.76. The van der Waals surface area contributed by atoms with E-state index in [2.05, 4.69) is 10.3 Å². The maximum atomic E-state index is 14.5. The molecule has 0 aliphatic rings. The van der Waals surface area contributed by atoms with Gasteiger partial charge in [0.15, 0.2) is 11.6 Å². The van der Waals surface area contributed by atoms with Crippen LogP contribution in [0.1, 0.15) is 27.2 Å². The van der Waals surface area contributed by atoms with Gasteiger partial charge in [-0.05, 0) is 47.7 Å². The van der Waals surface area contributed by atoms with Gasteiger partial charge >= 0.3 is 6.09 Å². The standard InChI is InChI=1S/C20H24FN3O4/c1-12(2)8-16(28-20(22)26)11-27-18-5-4-14(9-17(18)21)15-6-7-23-19(10-15)24-13(3)25/h4-7,9-10,12,16H,8,11H2,1-3H3,(H2,22,26)(H,23,24,25)/t16-/m0/s1. The quantitative estimate of drug-likeness (QED) is 0.716. The number of anilines is 1. The molecule has 0 saturated carbocycles. The minimum atomic E-state index is -0.891. The first kappa shape index (κ1) is 21.1. The van der Waals surface area contributed by atoms with E-state index in [4.69, 9.17) is 15.2 Å². The smallest absolute Gasteiger partial charge is 0.404 e. The lowest BCUT2D eigenvalue weighted by Crippen LogP contribution is -2.29. The average molecular weight is 389 g/mol. The van der Waals surface area contributed by atoms with Gasteiger partial charge in [-0.1, -0.05) is 19.9 Å². The van der Waals surface area contributed by atoms with E-state index in [1.807, 2.05) is 13.8 Å². The van der Waals surface area contributed by atoms with Crippen molar-refractivity contribution in [2.24, 2.45) is 11.7 Å². The van der Waals surface area contributed by atoms with Crippen molar-refractivity contribution in [3.8, 4) is 16.9 Å². The molecule has 8 heteroatoms. The van der Waals surface area contributed by atoms with Crippen molar-refractivity contribution >= 4 is 17.8 Å². The lowest BCUT2D eigenvalue weighted by Gasteiger charge is -2.19. The number of nitrogens with two attached hydrogens (primary N) is 1. The van der Waals surface area contributed by atoms with Gasteiger partial charge in [0.25, 0.3) is 0 Å². The Kier molecular flexibility index (Phi) is 7.31. The molecule has 7 nitrogen and oxygen atoms in total. The fraction of sp³-hybridized carbons (Fsp3) is 0.350. The Labute approximate surface area is 163 Å². The van der Waals surface area contributed by atoms with Crippen LogP contribution in [0.2, 0.25) is 0 Å². The van der Waals surface area contributed by atoms with Crippen LogP contribution < -0.4 is 15.8 Å². The number of rotatable bonds is 8. The fourth-order valence-corrected chi connectivity index (χ4v) is 2.68. The molecule has 2 rings (SSSR count). The van der Waals surface area contributed by atoms with Crippen molar-refractivity contribution < 1.29 is 23.5 Å². The summed E-state index contributed by atoms with van der Waals surface area (Å²) in [6, 6.07) is 7.88. The van der Waals surface area contributed by atoms with E-state index >= 15 is 0 Å². The summed E-state index contributed by atoms with van der Waals surface area (Å²) in [6.07, 6.45) is 0.626. The summed E-state index contributed by atoms with van der Waals surface area (Å²) >= 11 is 0. The number of halogens is 1. The van der Waals surface area contributed by atoms with Crippen LogP contribution in [-0.2, 0) is 9.53 Å². The fourth-order valence-electron chi connectivity index (χ4n) is 2.68. The van der Waals surface area contributed by atoms with Gasteiger partial charge in [-0.3, -0.25) is 4.79 Å². The van der Waals surface area contributed by atoms with Gasteiger partial charge in [-0.2, -0.15) is 0 Å². The molecule has 0 unspecified atom stereocenters. The molecule has 3 N–H and O–H groups in total. The van der Waals surface area contributed by atoms with E-state index in [9.17, 15) is 14.0 Å². The Hall–Kier alpha value is -3.16. The SMILES string of the molecule is CC(=O)Nc1cc(-c2ccc(OC[C@H](CC(C)C)OC(N)=O)c(F)c2)ccn1. The molecule has 1 aromatic heterocycles. The van der Waals surface area contributed by atoms with Gasteiger partial charge in [0.2, 0.25) is 5.91 Å². The van der Waals surface area contributed by atoms with E-state index in [0.29, 0.717) is 23.4 Å². The third kappa shape index (κ3) is 6.53. The molecular formula is C20H24FN3O4. The molecular weight excluding hydrogens is 365 g/mol. The number of carbonyl (C=O) groups excluding carboxylic acids is 2. The Morgan fingerprint density at radius 3 is 2.54 bits per heavy atom. The Morgan fingerprint density at radius 2 is 1.93 bits per heavy atom. The lowest BCUT2D eigenvalue weighted by molar-refractivity contribution is -0.114. The number of benzene rings is 1. The molecule has 28 heavy (non-hydrogen) atoms. The van der Waals surface area contributed by atoms with E-state index in [1.165, 1.54) is 25.3 Å². The first-order valence-electron chi connectivity index (χ1n) is 8.87. The Balaban J connectivity index is 2.11. The average Bonchev–Trinajstić information content (AvgIpc) is 2.59. The van der Waals surface area contributed by atoms with Crippen LogP contribution in [0.25, 0.3) is 11.1 Å². The first-order valence-corrected chi connectivity index (χ1v) is 8.87. The highest BCUT2D eigenvalue weighted by atomic mass is 19.1. The number of pyridine rings is 1. The summed E-state index contributed by atoms with van der Waals surface area (Å²) in [6.45, 7) is 5.32. The molecule has 150 valence electrons. The highest BCUT2D eigenvalue weighted by Gasteiger charge is 2.17. The highest BCUT2D eigenvalue weighted by molar-refractivity contribution is 5.88. The number of hydrogen-bond acceptors (Lipinski definition) is 5. The second kappa shape index (κ2) is 9.68. The van der Waals surface area contributed by atoms with Gasteiger partial charge < -0.3 is 20.5 Å². The molecule has 1 aromatic carbocycles. The zero-order chi connectivity index (χ0) is 20.7. The third-order valence-corrected chi connectivity index (χ3v) is 3.77. The van der Waals surface area contributed by atoms with Crippen LogP contribution in [0.15, 0.2) is 36.5 Å². The van der Waals surface area contributed by atoms with E-state index in [-0.39, 0.29) is 24.2 Å². The zero-order valence-corrected chi connectivity index (χ0v) is 16.1. The minimum Gasteiger partial charge on any atom is -0.487 e. The monoisotopic (exact) mass is 389 g/mol. The number of amides is 2. The van der Waals surface area contributed by atoms with E-state index in [1.54, 1.807) is 18.2 Å². The van der Waals surface area contributed by atoms with Crippen LogP contribution in [0.3, 0.4) is 0 Å². The van der Waals surface area contributed by atoms with Gasteiger partial charge in [-0.25, -0.2) is 14.2 Å². The third-order valence-electron chi connectivity index (χ3n) is 3.77. The molecule has 0 fully saturated rings. The predicted molar refractivity (Wildman–Crippen MR) is 103 cm³/mol. The Morgan fingerprint density at radius 1 is 1.21 bits per heavy atom. The molecule has 2 aromatic rings. The van der Waals surface area contributed by atoms with Crippen molar-refractivity contribution in [1.29, 1.82) is 0 Å². The van der Waals surface area contributed by atoms with Crippen LogP contribution in [-0.4, -0.2) is 29.7 Å². The van der Waals surface area contributed by atoms with E-state index in [0.717, 1.165) is 0 Å². The summed E-state index contributed by atoms with van der Waals surface area (Å²) in [7, 11) is 0. The molecule has 2 amide bonds. The first-order chi connectivity index (χ1) is 13.2. The number of aromatic nitrogens is 1. The molecule has 0 bridgehead atoms. The molecule has 1 heterocycles. The zero-order valence-electron chi connectivity index (χ0n) is 16.1. The number of carbonyl (C=O) groups is 2. The van der Waals surface area contributed by atoms with Crippen LogP contribution in [0.5, 0.6) is 5.75 Å². The van der Waals surface area contributed by atoms with Gasteiger partial charge in [0.05, 0.1) is 0 Å². The number of hydrogen-bond donors (Lipinski definition) is 2. The lowest BCUT2D eigenvalue weighted by atomic mass is 10.1. The van der Waals surface area contributed by atoms with Crippen LogP contribution in [0.4, 0.5) is 15.0 Å². The number of nitrogens with one attached hydrogen (secondary N) is 1. The number of nitrogens with zero attached hydrogens (tertiary/aromatic N) is 1. The minimum absolute atomic E-state index is 0.000671. The number of ether oxygens (including phenoxy) is 2.